The molecule has 0 saturated heterocycles. The summed E-state index contributed by atoms with van der Waals surface area (Å²) in [4.78, 5) is 34.9. The van der Waals surface area contributed by atoms with E-state index in [9.17, 15) is 14.4 Å². The number of benzene rings is 2. The molecule has 0 aromatic heterocycles. The van der Waals surface area contributed by atoms with Crippen LogP contribution in [0.15, 0.2) is 42.5 Å². The predicted octanol–water partition coefficient (Wildman–Crippen LogP) is 0.751. The van der Waals surface area contributed by atoms with Gasteiger partial charge in [-0.15, -0.1) is 0 Å². The molecule has 0 fully saturated rings. The van der Waals surface area contributed by atoms with E-state index in [0.717, 1.165) is 16.3 Å². The number of rotatable bonds is 7. The van der Waals surface area contributed by atoms with Gasteiger partial charge in [0.15, 0.2) is 0 Å². The molecule has 2 rings (SSSR count). The lowest BCUT2D eigenvalue weighted by molar-refractivity contribution is -0.127. The number of nitrogens with one attached hydrogen (secondary N) is 3. The van der Waals surface area contributed by atoms with Gasteiger partial charge in [-0.1, -0.05) is 42.5 Å². The van der Waals surface area contributed by atoms with Crippen LogP contribution < -0.4 is 16.0 Å². The Labute approximate surface area is 140 Å². The van der Waals surface area contributed by atoms with Crippen molar-refractivity contribution in [1.29, 1.82) is 0 Å². The van der Waals surface area contributed by atoms with Gasteiger partial charge in [0.2, 0.25) is 17.7 Å². The van der Waals surface area contributed by atoms with Crippen molar-refractivity contribution < 1.29 is 14.4 Å². The molecular weight excluding hydrogens is 306 g/mol. The first kappa shape index (κ1) is 17.5. The molecule has 3 amide bonds. The highest BCUT2D eigenvalue weighted by atomic mass is 16.2. The van der Waals surface area contributed by atoms with E-state index in [1.165, 1.54) is 0 Å². The van der Waals surface area contributed by atoms with Crippen molar-refractivity contribution >= 4 is 28.5 Å². The maximum atomic E-state index is 12.0. The van der Waals surface area contributed by atoms with E-state index in [4.69, 9.17) is 0 Å². The van der Waals surface area contributed by atoms with Crippen LogP contribution in [-0.2, 0) is 20.8 Å². The summed E-state index contributed by atoms with van der Waals surface area (Å²) in [5, 5.41) is 9.69. The molecule has 0 aliphatic rings. The van der Waals surface area contributed by atoms with Crippen LogP contribution in [0.2, 0.25) is 0 Å². The fraction of sp³-hybridized carbons (Fsp3) is 0.278. The molecule has 24 heavy (non-hydrogen) atoms. The summed E-state index contributed by atoms with van der Waals surface area (Å²) in [7, 11) is 0. The third-order valence-electron chi connectivity index (χ3n) is 3.50. The summed E-state index contributed by atoms with van der Waals surface area (Å²) in [5.41, 5.74) is 0.910. The molecular formula is C18H21N3O3. The SMILES string of the molecule is CCNC(=O)CNC(=O)CNC(=O)Cc1cccc2ccccc12. The summed E-state index contributed by atoms with van der Waals surface area (Å²) in [6.07, 6.45) is 0.199. The molecule has 0 aliphatic carbocycles. The van der Waals surface area contributed by atoms with Crippen LogP contribution in [-0.4, -0.2) is 37.4 Å². The smallest absolute Gasteiger partial charge is 0.239 e. The Balaban J connectivity index is 1.83. The summed E-state index contributed by atoms with van der Waals surface area (Å²) >= 11 is 0. The van der Waals surface area contributed by atoms with Gasteiger partial charge in [0.05, 0.1) is 19.5 Å². The number of likely N-dealkylation sites (N-methyl/N-ethyl adjacent to an activating group) is 1. The van der Waals surface area contributed by atoms with Gasteiger partial charge >= 0.3 is 0 Å². The van der Waals surface area contributed by atoms with Crippen LogP contribution in [0.25, 0.3) is 10.8 Å². The molecule has 6 heteroatoms. The Morgan fingerprint density at radius 1 is 0.792 bits per heavy atom. The second-order valence-corrected chi connectivity index (χ2v) is 5.32. The molecule has 0 spiro atoms. The maximum absolute atomic E-state index is 12.0. The fourth-order valence-corrected chi connectivity index (χ4v) is 2.36. The first-order valence-corrected chi connectivity index (χ1v) is 7.87. The lowest BCUT2D eigenvalue weighted by atomic mass is 10.0. The van der Waals surface area contributed by atoms with E-state index in [0.29, 0.717) is 6.54 Å². The van der Waals surface area contributed by atoms with Crippen LogP contribution in [0.1, 0.15) is 12.5 Å². The summed E-state index contributed by atoms with van der Waals surface area (Å²) in [6.45, 7) is 2.07. The third-order valence-corrected chi connectivity index (χ3v) is 3.50. The van der Waals surface area contributed by atoms with E-state index < -0.39 is 5.91 Å². The topological polar surface area (TPSA) is 87.3 Å². The van der Waals surface area contributed by atoms with E-state index >= 15 is 0 Å². The lowest BCUT2D eigenvalue weighted by Crippen LogP contribution is -2.42. The molecule has 6 nitrogen and oxygen atoms in total. The van der Waals surface area contributed by atoms with Gasteiger partial charge in [0, 0.05) is 6.54 Å². The average molecular weight is 327 g/mol. The maximum Gasteiger partial charge on any atom is 0.239 e. The van der Waals surface area contributed by atoms with Gasteiger partial charge < -0.3 is 16.0 Å². The molecule has 3 N–H and O–H groups in total. The van der Waals surface area contributed by atoms with E-state index in [1.807, 2.05) is 42.5 Å². The van der Waals surface area contributed by atoms with Crippen LogP contribution in [0.4, 0.5) is 0 Å². The Morgan fingerprint density at radius 2 is 1.42 bits per heavy atom. The number of amides is 3. The van der Waals surface area contributed by atoms with E-state index in [1.54, 1.807) is 6.92 Å². The number of carbonyl (C=O) groups is 3. The first-order chi connectivity index (χ1) is 11.6. The number of hydrogen-bond acceptors (Lipinski definition) is 3. The van der Waals surface area contributed by atoms with Crippen molar-refractivity contribution in [3.63, 3.8) is 0 Å². The van der Waals surface area contributed by atoms with Crippen LogP contribution in [0.3, 0.4) is 0 Å². The predicted molar refractivity (Wildman–Crippen MR) is 92.4 cm³/mol. The van der Waals surface area contributed by atoms with Crippen LogP contribution >= 0.6 is 0 Å². The highest BCUT2D eigenvalue weighted by Gasteiger charge is 2.09. The van der Waals surface area contributed by atoms with Crippen LogP contribution in [0.5, 0.6) is 0 Å². The number of fused-ring (bicyclic) bond motifs is 1. The Hall–Kier alpha value is -2.89. The molecule has 0 radical (unpaired) electrons. The second kappa shape index (κ2) is 8.67. The summed E-state index contributed by atoms with van der Waals surface area (Å²) in [6, 6.07) is 13.6. The largest absolute Gasteiger partial charge is 0.355 e. The van der Waals surface area contributed by atoms with Crippen molar-refractivity contribution in [2.75, 3.05) is 19.6 Å². The zero-order valence-electron chi connectivity index (χ0n) is 13.6. The third kappa shape index (κ3) is 5.08. The quantitative estimate of drug-likeness (QED) is 0.701. The minimum Gasteiger partial charge on any atom is -0.355 e. The van der Waals surface area contributed by atoms with Crippen molar-refractivity contribution in [2.24, 2.45) is 0 Å². The average Bonchev–Trinajstić information content (AvgIpc) is 2.59. The van der Waals surface area contributed by atoms with Gasteiger partial charge in [-0.3, -0.25) is 14.4 Å². The number of carbonyl (C=O) groups excluding carboxylic acids is 3. The van der Waals surface area contributed by atoms with Gasteiger partial charge in [0.25, 0.3) is 0 Å². The van der Waals surface area contributed by atoms with Gasteiger partial charge in [0.1, 0.15) is 0 Å². The molecule has 2 aromatic carbocycles. The standard InChI is InChI=1S/C18H21N3O3/c1-2-19-17(23)11-21-18(24)12-20-16(22)10-14-8-5-7-13-6-3-4-9-15(13)14/h3-9H,2,10-12H2,1H3,(H,19,23)(H,20,22)(H,21,24). The summed E-state index contributed by atoms with van der Waals surface area (Å²) < 4.78 is 0. The van der Waals surface area contributed by atoms with Gasteiger partial charge in [-0.05, 0) is 23.3 Å². The summed E-state index contributed by atoms with van der Waals surface area (Å²) in [5.74, 6) is -0.889. The fourth-order valence-electron chi connectivity index (χ4n) is 2.36. The van der Waals surface area contributed by atoms with Gasteiger partial charge in [-0.2, -0.15) is 0 Å². The first-order valence-electron chi connectivity index (χ1n) is 7.87. The molecule has 0 heterocycles. The Kier molecular flexibility index (Phi) is 6.31. The lowest BCUT2D eigenvalue weighted by Gasteiger charge is -2.08. The zero-order chi connectivity index (χ0) is 17.4. The molecule has 0 bridgehead atoms. The van der Waals surface area contributed by atoms with Gasteiger partial charge in [-0.25, -0.2) is 0 Å². The minimum atomic E-state index is -0.396. The highest BCUT2D eigenvalue weighted by Crippen LogP contribution is 2.18. The monoisotopic (exact) mass is 327 g/mol. The zero-order valence-corrected chi connectivity index (χ0v) is 13.6. The van der Waals surface area contributed by atoms with Crippen molar-refractivity contribution in [1.82, 2.24) is 16.0 Å². The van der Waals surface area contributed by atoms with Crippen molar-refractivity contribution in [3.8, 4) is 0 Å². The van der Waals surface area contributed by atoms with E-state index in [-0.39, 0.29) is 31.3 Å². The van der Waals surface area contributed by atoms with Crippen molar-refractivity contribution in [2.45, 2.75) is 13.3 Å². The number of hydrogen-bond donors (Lipinski definition) is 3. The normalized spacial score (nSPS) is 10.2. The Bertz CT molecular complexity index is 738. The van der Waals surface area contributed by atoms with E-state index in [2.05, 4.69) is 16.0 Å². The molecule has 0 saturated carbocycles. The molecule has 2 aromatic rings. The minimum absolute atomic E-state index is 0.0914. The highest BCUT2D eigenvalue weighted by molar-refractivity contribution is 5.92. The van der Waals surface area contributed by atoms with Crippen LogP contribution in [0, 0.1) is 0 Å². The molecule has 0 unspecified atom stereocenters. The molecule has 0 atom stereocenters. The molecule has 126 valence electrons. The Morgan fingerprint density at radius 3 is 2.17 bits per heavy atom. The second-order valence-electron chi connectivity index (χ2n) is 5.32. The van der Waals surface area contributed by atoms with Crippen molar-refractivity contribution in [3.05, 3.63) is 48.0 Å². The molecule has 0 aliphatic heterocycles.